The maximum atomic E-state index is 13.1. The van der Waals surface area contributed by atoms with Gasteiger partial charge in [0.05, 0.1) is 23.7 Å². The van der Waals surface area contributed by atoms with Gasteiger partial charge in [0.1, 0.15) is 29.9 Å². The number of aromatic nitrogens is 3. The van der Waals surface area contributed by atoms with Crippen molar-refractivity contribution in [3.05, 3.63) is 64.7 Å². The molecule has 0 radical (unpaired) electrons. The Kier molecular flexibility index (Phi) is 7.89. The highest BCUT2D eigenvalue weighted by Crippen LogP contribution is 2.32. The zero-order valence-electron chi connectivity index (χ0n) is 19.2. The molecule has 0 aliphatic carbocycles. The van der Waals surface area contributed by atoms with Crippen molar-refractivity contribution >= 4 is 29.2 Å². The molecule has 9 nitrogen and oxygen atoms in total. The smallest absolute Gasteiger partial charge is 0.257 e. The molecule has 1 fully saturated rings. The van der Waals surface area contributed by atoms with E-state index >= 15 is 0 Å². The Bertz CT molecular complexity index is 1250. The van der Waals surface area contributed by atoms with E-state index in [0.29, 0.717) is 24.3 Å². The van der Waals surface area contributed by atoms with Gasteiger partial charge in [0, 0.05) is 30.9 Å². The highest BCUT2D eigenvalue weighted by Gasteiger charge is 2.23. The number of hydrogen-bond donors (Lipinski definition) is 1. The Morgan fingerprint density at radius 1 is 1.03 bits per heavy atom. The molecule has 1 aliphatic heterocycles. The number of likely N-dealkylation sites (tertiary alicyclic amines) is 1. The number of alkyl halides is 2. The van der Waals surface area contributed by atoms with E-state index in [9.17, 15) is 18.4 Å². The summed E-state index contributed by atoms with van der Waals surface area (Å²) in [6.45, 7) is 0.976. The van der Waals surface area contributed by atoms with Crippen LogP contribution in [0.25, 0.3) is 0 Å². The molecule has 3 heterocycles. The SMILES string of the molecule is Cc1cnc(NC(=O)c2cc(Oc3ncc(C(=O)N4CCC4)cc3Cl)cc(OC(CF)CF)c2)cn1. The van der Waals surface area contributed by atoms with Crippen LogP contribution in [0.3, 0.4) is 0 Å². The lowest BCUT2D eigenvalue weighted by atomic mass is 10.1. The molecule has 0 bridgehead atoms. The lowest BCUT2D eigenvalue weighted by Crippen LogP contribution is -2.42. The van der Waals surface area contributed by atoms with E-state index in [1.807, 2.05) is 0 Å². The summed E-state index contributed by atoms with van der Waals surface area (Å²) >= 11 is 6.30. The number of aryl methyl sites for hydroxylation is 1. The van der Waals surface area contributed by atoms with Gasteiger partial charge in [-0.15, -0.1) is 0 Å². The van der Waals surface area contributed by atoms with Gasteiger partial charge in [-0.25, -0.2) is 18.7 Å². The lowest BCUT2D eigenvalue weighted by molar-refractivity contribution is 0.0651. The van der Waals surface area contributed by atoms with Gasteiger partial charge in [-0.3, -0.25) is 14.6 Å². The zero-order chi connectivity index (χ0) is 25.7. The number of halogens is 3. The highest BCUT2D eigenvalue weighted by molar-refractivity contribution is 6.32. The van der Waals surface area contributed by atoms with E-state index in [1.54, 1.807) is 11.8 Å². The zero-order valence-corrected chi connectivity index (χ0v) is 20.0. The summed E-state index contributed by atoms with van der Waals surface area (Å²) in [5.41, 5.74) is 1.05. The van der Waals surface area contributed by atoms with Crippen LogP contribution in [0.4, 0.5) is 14.6 Å². The standard InChI is InChI=1S/C24H22ClF2N5O4/c1-14-11-29-21(13-28-14)31-22(33)15-5-17(35-19(9-26)10-27)8-18(6-15)36-23-20(25)7-16(12-30-23)24(34)32-3-2-4-32/h5-8,11-13,19H,2-4,9-10H2,1H3,(H,29,31,33). The summed E-state index contributed by atoms with van der Waals surface area (Å²) in [7, 11) is 0. The van der Waals surface area contributed by atoms with Crippen LogP contribution in [0.15, 0.2) is 42.9 Å². The van der Waals surface area contributed by atoms with Gasteiger partial charge in [-0.2, -0.15) is 0 Å². The Labute approximate surface area is 210 Å². The van der Waals surface area contributed by atoms with E-state index in [4.69, 9.17) is 21.1 Å². The van der Waals surface area contributed by atoms with Crippen molar-refractivity contribution in [2.75, 3.05) is 31.8 Å². The number of nitrogens with zero attached hydrogens (tertiary/aromatic N) is 4. The number of hydrogen-bond acceptors (Lipinski definition) is 7. The van der Waals surface area contributed by atoms with Crippen molar-refractivity contribution < 1.29 is 27.8 Å². The third-order valence-electron chi connectivity index (χ3n) is 5.22. The average molecular weight is 518 g/mol. The fourth-order valence-electron chi connectivity index (χ4n) is 3.20. The molecule has 36 heavy (non-hydrogen) atoms. The molecule has 1 saturated heterocycles. The van der Waals surface area contributed by atoms with Crippen LogP contribution in [0, 0.1) is 6.92 Å². The third-order valence-corrected chi connectivity index (χ3v) is 5.49. The van der Waals surface area contributed by atoms with E-state index in [1.165, 1.54) is 42.9 Å². The van der Waals surface area contributed by atoms with Gasteiger partial charge in [-0.05, 0) is 31.5 Å². The number of anilines is 1. The number of nitrogens with one attached hydrogen (secondary N) is 1. The first-order valence-corrected chi connectivity index (χ1v) is 11.4. The highest BCUT2D eigenvalue weighted by atomic mass is 35.5. The largest absolute Gasteiger partial charge is 0.485 e. The maximum absolute atomic E-state index is 13.1. The fourth-order valence-corrected chi connectivity index (χ4v) is 3.41. The van der Waals surface area contributed by atoms with Gasteiger partial charge in [0.2, 0.25) is 5.88 Å². The minimum atomic E-state index is -1.35. The molecule has 0 unspecified atom stereocenters. The predicted octanol–water partition coefficient (Wildman–Crippen LogP) is 4.41. The Hall–Kier alpha value is -3.86. The van der Waals surface area contributed by atoms with E-state index in [-0.39, 0.29) is 39.7 Å². The number of ether oxygens (including phenoxy) is 2. The summed E-state index contributed by atoms with van der Waals surface area (Å²) in [6, 6.07) is 5.47. The maximum Gasteiger partial charge on any atom is 0.257 e. The molecule has 2 aromatic heterocycles. The van der Waals surface area contributed by atoms with E-state index in [2.05, 4.69) is 20.3 Å². The van der Waals surface area contributed by atoms with Crippen molar-refractivity contribution in [1.29, 1.82) is 0 Å². The number of rotatable bonds is 9. The van der Waals surface area contributed by atoms with E-state index in [0.717, 1.165) is 6.42 Å². The number of amides is 2. The summed E-state index contributed by atoms with van der Waals surface area (Å²) < 4.78 is 37.2. The first kappa shape index (κ1) is 25.2. The van der Waals surface area contributed by atoms with Crippen LogP contribution in [0.1, 0.15) is 32.8 Å². The molecule has 1 aliphatic rings. The molecule has 188 valence electrons. The molecule has 0 saturated carbocycles. The Morgan fingerprint density at radius 3 is 2.39 bits per heavy atom. The molecule has 4 rings (SSSR count). The van der Waals surface area contributed by atoms with Gasteiger partial charge in [0.25, 0.3) is 11.8 Å². The molecule has 12 heteroatoms. The van der Waals surface area contributed by atoms with Crippen LogP contribution in [0.2, 0.25) is 5.02 Å². The normalized spacial score (nSPS) is 12.8. The van der Waals surface area contributed by atoms with Gasteiger partial charge in [0.15, 0.2) is 11.9 Å². The summed E-state index contributed by atoms with van der Waals surface area (Å²) in [5, 5.41) is 2.65. The molecular formula is C24H22ClF2N5O4. The molecular weight excluding hydrogens is 496 g/mol. The van der Waals surface area contributed by atoms with Crippen molar-refractivity contribution in [1.82, 2.24) is 19.9 Å². The quantitative estimate of drug-likeness (QED) is 0.448. The molecule has 3 aromatic rings. The molecule has 1 aromatic carbocycles. The Balaban J connectivity index is 1.59. The van der Waals surface area contributed by atoms with Gasteiger partial charge < -0.3 is 19.7 Å². The van der Waals surface area contributed by atoms with Crippen molar-refractivity contribution in [2.24, 2.45) is 0 Å². The van der Waals surface area contributed by atoms with E-state index < -0.39 is 25.4 Å². The summed E-state index contributed by atoms with van der Waals surface area (Å²) in [6.07, 6.45) is 3.81. The van der Waals surface area contributed by atoms with Crippen molar-refractivity contribution in [3.8, 4) is 17.4 Å². The second-order valence-corrected chi connectivity index (χ2v) is 8.40. The Morgan fingerprint density at radius 2 is 1.78 bits per heavy atom. The van der Waals surface area contributed by atoms with Gasteiger partial charge in [-0.1, -0.05) is 11.6 Å². The van der Waals surface area contributed by atoms with Crippen molar-refractivity contribution in [3.63, 3.8) is 0 Å². The average Bonchev–Trinajstić information content (AvgIpc) is 2.84. The van der Waals surface area contributed by atoms with Crippen LogP contribution in [-0.4, -0.2) is 64.2 Å². The number of pyridine rings is 1. The first-order valence-electron chi connectivity index (χ1n) is 11.0. The first-order chi connectivity index (χ1) is 17.4. The van der Waals surface area contributed by atoms with Crippen LogP contribution < -0.4 is 14.8 Å². The number of benzene rings is 1. The van der Waals surface area contributed by atoms with Crippen LogP contribution >= 0.6 is 11.6 Å². The number of carbonyl (C=O) groups is 2. The van der Waals surface area contributed by atoms with Crippen molar-refractivity contribution in [2.45, 2.75) is 19.4 Å². The minimum Gasteiger partial charge on any atom is -0.485 e. The molecule has 1 N–H and O–H groups in total. The summed E-state index contributed by atoms with van der Waals surface area (Å²) in [4.78, 5) is 39.2. The fraction of sp³-hybridized carbons (Fsp3) is 0.292. The topological polar surface area (TPSA) is 107 Å². The third kappa shape index (κ3) is 6.03. The second kappa shape index (κ2) is 11.3. The minimum absolute atomic E-state index is 0.00589. The molecule has 0 spiro atoms. The predicted molar refractivity (Wildman–Crippen MR) is 127 cm³/mol. The van der Waals surface area contributed by atoms with Gasteiger partial charge >= 0.3 is 0 Å². The van der Waals surface area contributed by atoms with Crippen LogP contribution in [-0.2, 0) is 0 Å². The molecule has 0 atom stereocenters. The van der Waals surface area contributed by atoms with Crippen LogP contribution in [0.5, 0.6) is 17.4 Å². The second-order valence-electron chi connectivity index (χ2n) is 8.00. The monoisotopic (exact) mass is 517 g/mol. The summed E-state index contributed by atoms with van der Waals surface area (Å²) in [5.74, 6) is -0.530. The molecule has 2 amide bonds. The lowest BCUT2D eigenvalue weighted by Gasteiger charge is -2.30. The number of carbonyl (C=O) groups excluding carboxylic acids is 2.